The summed E-state index contributed by atoms with van der Waals surface area (Å²) in [5.74, 6) is 0. The van der Waals surface area contributed by atoms with Crippen LogP contribution in [0.4, 0.5) is 0 Å². The minimum Gasteiger partial charge on any atom is -0.350 e. The Hall–Kier alpha value is -2.05. The number of nitrogens with one attached hydrogen (secondary N) is 1. The molecule has 0 saturated carbocycles. The molecule has 0 bridgehead atoms. The van der Waals surface area contributed by atoms with Crippen molar-refractivity contribution in [3.63, 3.8) is 0 Å². The van der Waals surface area contributed by atoms with Crippen molar-refractivity contribution in [3.05, 3.63) is 59.4 Å². The highest BCUT2D eigenvalue weighted by Gasteiger charge is 2.09. The van der Waals surface area contributed by atoms with Gasteiger partial charge in [-0.2, -0.15) is 5.26 Å². The van der Waals surface area contributed by atoms with Crippen LogP contribution in [0.25, 0.3) is 0 Å². The van der Waals surface area contributed by atoms with Crippen LogP contribution in [-0.2, 0) is 6.54 Å². The topological polar surface area (TPSA) is 40.8 Å². The maximum atomic E-state index is 8.95. The lowest BCUT2D eigenvalue weighted by Gasteiger charge is -2.15. The summed E-state index contributed by atoms with van der Waals surface area (Å²) in [6.45, 7) is 6.25. The van der Waals surface area contributed by atoms with Crippen LogP contribution in [0, 0.1) is 11.3 Å². The lowest BCUT2D eigenvalue weighted by Crippen LogP contribution is -2.21. The van der Waals surface area contributed by atoms with Gasteiger partial charge < -0.3 is 9.88 Å². The van der Waals surface area contributed by atoms with E-state index in [0.29, 0.717) is 6.04 Å². The smallest absolute Gasteiger partial charge is 0.0991 e. The third kappa shape index (κ3) is 4.21. The van der Waals surface area contributed by atoms with Crippen LogP contribution >= 0.6 is 0 Å². The Labute approximate surface area is 127 Å². The van der Waals surface area contributed by atoms with E-state index in [0.717, 1.165) is 37.1 Å². The van der Waals surface area contributed by atoms with E-state index < -0.39 is 0 Å². The minimum absolute atomic E-state index is 0.427. The summed E-state index contributed by atoms with van der Waals surface area (Å²) in [6, 6.07) is 12.6. The summed E-state index contributed by atoms with van der Waals surface area (Å²) in [4.78, 5) is 0. The predicted octanol–water partition coefficient (Wildman–Crippen LogP) is 3.86. The Morgan fingerprint density at radius 2 is 2.14 bits per heavy atom. The maximum absolute atomic E-state index is 8.95. The molecule has 0 aliphatic heterocycles. The van der Waals surface area contributed by atoms with Crippen molar-refractivity contribution in [1.82, 2.24) is 9.88 Å². The molecule has 0 radical (unpaired) electrons. The van der Waals surface area contributed by atoms with Gasteiger partial charge >= 0.3 is 0 Å². The fourth-order valence-electron chi connectivity index (χ4n) is 2.53. The molecule has 0 spiro atoms. The van der Waals surface area contributed by atoms with Crippen molar-refractivity contribution in [3.8, 4) is 6.07 Å². The second-order valence-corrected chi connectivity index (χ2v) is 5.34. The summed E-state index contributed by atoms with van der Waals surface area (Å²) >= 11 is 0. The van der Waals surface area contributed by atoms with Gasteiger partial charge in [0.1, 0.15) is 0 Å². The molecular weight excluding hydrogens is 258 g/mol. The molecule has 1 atom stereocenters. The van der Waals surface area contributed by atoms with Crippen molar-refractivity contribution in [2.24, 2.45) is 0 Å². The van der Waals surface area contributed by atoms with Gasteiger partial charge in [0.2, 0.25) is 0 Å². The first-order valence-electron chi connectivity index (χ1n) is 7.65. The van der Waals surface area contributed by atoms with Crippen LogP contribution in [-0.4, -0.2) is 11.1 Å². The van der Waals surface area contributed by atoms with Gasteiger partial charge in [0.25, 0.3) is 0 Å². The molecule has 0 amide bonds. The number of aromatic nitrogens is 1. The highest BCUT2D eigenvalue weighted by Crippen LogP contribution is 2.18. The molecule has 0 fully saturated rings. The van der Waals surface area contributed by atoms with Gasteiger partial charge in [-0.3, -0.25) is 0 Å². The van der Waals surface area contributed by atoms with Crippen molar-refractivity contribution < 1.29 is 0 Å². The third-order valence-corrected chi connectivity index (χ3v) is 3.65. The van der Waals surface area contributed by atoms with E-state index in [2.05, 4.69) is 54.3 Å². The van der Waals surface area contributed by atoms with Gasteiger partial charge in [-0.05, 0) is 48.7 Å². The standard InChI is InChI=1S/C18H23N3/c1-3-9-20-18(4-2)17-8-10-21(14-17)13-16-7-5-6-15(11-16)12-19/h5-8,10-11,14,18,20H,3-4,9,13H2,1-2H3. The molecule has 2 aromatic rings. The van der Waals surface area contributed by atoms with Gasteiger partial charge in [0.05, 0.1) is 11.6 Å². The summed E-state index contributed by atoms with van der Waals surface area (Å²) in [6.07, 6.45) is 6.56. The van der Waals surface area contributed by atoms with E-state index in [4.69, 9.17) is 5.26 Å². The average Bonchev–Trinajstić information content (AvgIpc) is 2.96. The fourth-order valence-corrected chi connectivity index (χ4v) is 2.53. The number of rotatable bonds is 7. The molecule has 21 heavy (non-hydrogen) atoms. The monoisotopic (exact) mass is 281 g/mol. The predicted molar refractivity (Wildman–Crippen MR) is 86.0 cm³/mol. The van der Waals surface area contributed by atoms with Gasteiger partial charge in [0.15, 0.2) is 0 Å². The molecule has 1 aromatic carbocycles. The summed E-state index contributed by atoms with van der Waals surface area (Å²) in [5, 5.41) is 12.5. The Kier molecular flexibility index (Phi) is 5.59. The number of nitrogens with zero attached hydrogens (tertiary/aromatic N) is 2. The normalized spacial score (nSPS) is 12.0. The molecule has 3 heteroatoms. The number of hydrogen-bond donors (Lipinski definition) is 1. The Morgan fingerprint density at radius 3 is 2.86 bits per heavy atom. The average molecular weight is 281 g/mol. The summed E-state index contributed by atoms with van der Waals surface area (Å²) in [7, 11) is 0. The Morgan fingerprint density at radius 1 is 1.29 bits per heavy atom. The molecule has 1 N–H and O–H groups in total. The largest absolute Gasteiger partial charge is 0.350 e. The minimum atomic E-state index is 0.427. The molecule has 0 aliphatic carbocycles. The highest BCUT2D eigenvalue weighted by atomic mass is 15.0. The van der Waals surface area contributed by atoms with Crippen molar-refractivity contribution >= 4 is 0 Å². The lowest BCUT2D eigenvalue weighted by atomic mass is 10.1. The first-order chi connectivity index (χ1) is 10.3. The van der Waals surface area contributed by atoms with Crippen LogP contribution < -0.4 is 5.32 Å². The first-order valence-corrected chi connectivity index (χ1v) is 7.65. The van der Waals surface area contributed by atoms with Crippen LogP contribution in [0.5, 0.6) is 0 Å². The van der Waals surface area contributed by atoms with Gasteiger partial charge in [-0.25, -0.2) is 0 Å². The molecule has 1 aromatic heterocycles. The van der Waals surface area contributed by atoms with Gasteiger partial charge in [-0.1, -0.05) is 26.0 Å². The molecule has 1 heterocycles. The molecule has 0 saturated heterocycles. The van der Waals surface area contributed by atoms with Crippen molar-refractivity contribution in [2.75, 3.05) is 6.54 Å². The quantitative estimate of drug-likeness (QED) is 0.837. The Bertz CT molecular complexity index is 607. The molecule has 3 nitrogen and oxygen atoms in total. The third-order valence-electron chi connectivity index (χ3n) is 3.65. The van der Waals surface area contributed by atoms with E-state index in [1.54, 1.807) is 0 Å². The van der Waals surface area contributed by atoms with Crippen molar-refractivity contribution in [1.29, 1.82) is 5.26 Å². The van der Waals surface area contributed by atoms with E-state index in [-0.39, 0.29) is 0 Å². The highest BCUT2D eigenvalue weighted by molar-refractivity contribution is 5.33. The molecule has 2 rings (SSSR count). The number of nitriles is 1. The molecule has 0 aliphatic rings. The summed E-state index contributed by atoms with van der Waals surface area (Å²) in [5.41, 5.74) is 3.21. The van der Waals surface area contributed by atoms with E-state index in [9.17, 15) is 0 Å². The maximum Gasteiger partial charge on any atom is 0.0991 e. The van der Waals surface area contributed by atoms with Crippen LogP contribution in [0.2, 0.25) is 0 Å². The zero-order valence-electron chi connectivity index (χ0n) is 12.8. The van der Waals surface area contributed by atoms with Crippen molar-refractivity contribution in [2.45, 2.75) is 39.3 Å². The van der Waals surface area contributed by atoms with Crippen LogP contribution in [0.15, 0.2) is 42.7 Å². The zero-order valence-corrected chi connectivity index (χ0v) is 12.8. The SMILES string of the molecule is CCCNC(CC)c1ccn(Cc2cccc(C#N)c2)c1. The molecule has 1 unspecified atom stereocenters. The van der Waals surface area contributed by atoms with E-state index in [1.807, 2.05) is 18.2 Å². The lowest BCUT2D eigenvalue weighted by molar-refractivity contribution is 0.517. The first kappa shape index (κ1) is 15.3. The zero-order chi connectivity index (χ0) is 15.1. The van der Waals surface area contributed by atoms with Crippen LogP contribution in [0.3, 0.4) is 0 Å². The Balaban J connectivity index is 2.07. The molecular formula is C18H23N3. The summed E-state index contributed by atoms with van der Waals surface area (Å²) < 4.78 is 2.18. The second kappa shape index (κ2) is 7.66. The van der Waals surface area contributed by atoms with E-state index >= 15 is 0 Å². The van der Waals surface area contributed by atoms with Gasteiger partial charge in [-0.15, -0.1) is 0 Å². The van der Waals surface area contributed by atoms with Crippen LogP contribution in [0.1, 0.15) is 49.4 Å². The van der Waals surface area contributed by atoms with E-state index in [1.165, 1.54) is 5.56 Å². The second-order valence-electron chi connectivity index (χ2n) is 5.34. The number of benzene rings is 1. The molecule has 110 valence electrons. The van der Waals surface area contributed by atoms with Gasteiger partial charge in [0, 0.05) is 25.0 Å². The number of hydrogen-bond acceptors (Lipinski definition) is 2. The fraction of sp³-hybridized carbons (Fsp3) is 0.389.